The number of nitrogens with zero attached hydrogens (tertiary/aromatic N) is 1. The molecule has 0 unspecified atom stereocenters. The number of quaternary nitrogens is 1. The SMILES string of the molecule is O=C([C@@H]1CCCO1)N1CC[NH+](Cc2cccc(C(F)(F)F)c2)CC1. The number of amides is 1. The van der Waals surface area contributed by atoms with Gasteiger partial charge in [-0.05, 0) is 25.0 Å². The summed E-state index contributed by atoms with van der Waals surface area (Å²) in [5, 5.41) is 0. The van der Waals surface area contributed by atoms with Gasteiger partial charge in [0.2, 0.25) is 0 Å². The highest BCUT2D eigenvalue weighted by atomic mass is 19.4. The Morgan fingerprint density at radius 3 is 2.67 bits per heavy atom. The van der Waals surface area contributed by atoms with E-state index in [1.807, 2.05) is 4.90 Å². The van der Waals surface area contributed by atoms with Gasteiger partial charge >= 0.3 is 6.18 Å². The van der Waals surface area contributed by atoms with Crippen molar-refractivity contribution < 1.29 is 27.6 Å². The van der Waals surface area contributed by atoms with Gasteiger partial charge in [-0.1, -0.05) is 12.1 Å². The zero-order chi connectivity index (χ0) is 17.2. The van der Waals surface area contributed by atoms with Crippen LogP contribution in [0.5, 0.6) is 0 Å². The van der Waals surface area contributed by atoms with Crippen LogP contribution >= 0.6 is 0 Å². The minimum atomic E-state index is -4.31. The zero-order valence-corrected chi connectivity index (χ0v) is 13.4. The first-order valence-corrected chi connectivity index (χ1v) is 8.33. The molecular weight excluding hydrogens is 321 g/mol. The molecule has 0 radical (unpaired) electrons. The van der Waals surface area contributed by atoms with Gasteiger partial charge in [-0.3, -0.25) is 4.79 Å². The van der Waals surface area contributed by atoms with Gasteiger partial charge in [0.05, 0.1) is 31.7 Å². The first kappa shape index (κ1) is 17.2. The van der Waals surface area contributed by atoms with E-state index in [9.17, 15) is 18.0 Å². The van der Waals surface area contributed by atoms with Crippen LogP contribution in [0.4, 0.5) is 13.2 Å². The molecule has 0 saturated carbocycles. The molecule has 1 aromatic carbocycles. The minimum Gasteiger partial charge on any atom is -0.368 e. The van der Waals surface area contributed by atoms with Crippen molar-refractivity contribution >= 4 is 5.91 Å². The number of alkyl halides is 3. The summed E-state index contributed by atoms with van der Waals surface area (Å²) in [5.41, 5.74) is 0.0744. The van der Waals surface area contributed by atoms with E-state index in [1.165, 1.54) is 17.0 Å². The van der Waals surface area contributed by atoms with Crippen molar-refractivity contribution in [1.82, 2.24) is 4.90 Å². The van der Waals surface area contributed by atoms with Crippen LogP contribution in [-0.2, 0) is 22.3 Å². The molecule has 0 aromatic heterocycles. The van der Waals surface area contributed by atoms with E-state index in [4.69, 9.17) is 4.74 Å². The Kier molecular flexibility index (Phi) is 5.10. The number of carbonyl (C=O) groups is 1. The van der Waals surface area contributed by atoms with Crippen LogP contribution in [-0.4, -0.2) is 49.7 Å². The molecule has 2 aliphatic rings. The van der Waals surface area contributed by atoms with Gasteiger partial charge in [0, 0.05) is 12.2 Å². The number of benzene rings is 1. The lowest BCUT2D eigenvalue weighted by atomic mass is 10.1. The normalized spacial score (nSPS) is 22.8. The van der Waals surface area contributed by atoms with Gasteiger partial charge in [-0.15, -0.1) is 0 Å². The number of nitrogens with one attached hydrogen (secondary N) is 1. The summed E-state index contributed by atoms with van der Waals surface area (Å²) in [5.74, 6) is 0.0608. The second-order valence-corrected chi connectivity index (χ2v) is 6.45. The molecule has 2 aliphatic heterocycles. The quantitative estimate of drug-likeness (QED) is 0.892. The molecule has 4 nitrogen and oxygen atoms in total. The van der Waals surface area contributed by atoms with Crippen molar-refractivity contribution in [2.75, 3.05) is 32.8 Å². The first-order chi connectivity index (χ1) is 11.4. The van der Waals surface area contributed by atoms with Gasteiger partial charge in [0.15, 0.2) is 0 Å². The highest BCUT2D eigenvalue weighted by molar-refractivity contribution is 5.81. The van der Waals surface area contributed by atoms with Crippen LogP contribution in [0.15, 0.2) is 24.3 Å². The average molecular weight is 343 g/mol. The molecule has 1 N–H and O–H groups in total. The highest BCUT2D eigenvalue weighted by Crippen LogP contribution is 2.29. The maximum Gasteiger partial charge on any atom is 0.416 e. The van der Waals surface area contributed by atoms with Crippen LogP contribution in [0.25, 0.3) is 0 Å². The summed E-state index contributed by atoms with van der Waals surface area (Å²) in [6.07, 6.45) is -2.89. The molecule has 1 amide bonds. The number of ether oxygens (including phenoxy) is 1. The van der Waals surface area contributed by atoms with E-state index in [-0.39, 0.29) is 12.0 Å². The zero-order valence-electron chi connectivity index (χ0n) is 13.4. The Balaban J connectivity index is 1.53. The summed E-state index contributed by atoms with van der Waals surface area (Å²) in [4.78, 5) is 15.3. The number of rotatable bonds is 3. The average Bonchev–Trinajstić information content (AvgIpc) is 3.09. The third-order valence-electron chi connectivity index (χ3n) is 4.70. The molecule has 1 aromatic rings. The molecule has 7 heteroatoms. The van der Waals surface area contributed by atoms with Crippen LogP contribution in [0.1, 0.15) is 24.0 Å². The van der Waals surface area contributed by atoms with E-state index in [1.54, 1.807) is 6.07 Å². The maximum atomic E-state index is 12.8. The van der Waals surface area contributed by atoms with E-state index in [0.717, 1.165) is 32.0 Å². The molecule has 0 aliphatic carbocycles. The maximum absolute atomic E-state index is 12.8. The molecule has 0 bridgehead atoms. The van der Waals surface area contributed by atoms with Crippen molar-refractivity contribution in [1.29, 1.82) is 0 Å². The molecule has 2 fully saturated rings. The van der Waals surface area contributed by atoms with Crippen LogP contribution < -0.4 is 4.90 Å². The number of halogens is 3. The monoisotopic (exact) mass is 343 g/mol. The van der Waals surface area contributed by atoms with E-state index in [0.29, 0.717) is 31.8 Å². The predicted octanol–water partition coefficient (Wildman–Crippen LogP) is 1.11. The van der Waals surface area contributed by atoms with Crippen molar-refractivity contribution in [3.8, 4) is 0 Å². The van der Waals surface area contributed by atoms with Gasteiger partial charge in [-0.2, -0.15) is 13.2 Å². The minimum absolute atomic E-state index is 0.0608. The Labute approximate surface area is 139 Å². The molecule has 0 spiro atoms. The molecule has 132 valence electrons. The first-order valence-electron chi connectivity index (χ1n) is 8.33. The number of hydrogen-bond acceptors (Lipinski definition) is 2. The molecule has 3 rings (SSSR count). The number of carbonyl (C=O) groups excluding carboxylic acids is 1. The molecule has 24 heavy (non-hydrogen) atoms. The smallest absolute Gasteiger partial charge is 0.368 e. The highest BCUT2D eigenvalue weighted by Gasteiger charge is 2.32. The Bertz CT molecular complexity index is 577. The van der Waals surface area contributed by atoms with Crippen molar-refractivity contribution in [2.24, 2.45) is 0 Å². The second kappa shape index (κ2) is 7.11. The lowest BCUT2D eigenvalue weighted by Gasteiger charge is -2.33. The van der Waals surface area contributed by atoms with Gasteiger partial charge in [-0.25, -0.2) is 0 Å². The Hall–Kier alpha value is -1.60. The second-order valence-electron chi connectivity index (χ2n) is 6.45. The van der Waals surface area contributed by atoms with Crippen LogP contribution in [0, 0.1) is 0 Å². The fourth-order valence-corrected chi connectivity index (χ4v) is 3.34. The lowest BCUT2D eigenvalue weighted by molar-refractivity contribution is -0.917. The van der Waals surface area contributed by atoms with Crippen molar-refractivity contribution in [3.63, 3.8) is 0 Å². The number of piperazine rings is 1. The number of hydrogen-bond donors (Lipinski definition) is 1. The van der Waals surface area contributed by atoms with Gasteiger partial charge in [0.1, 0.15) is 12.6 Å². The van der Waals surface area contributed by atoms with E-state index >= 15 is 0 Å². The molecule has 2 saturated heterocycles. The summed E-state index contributed by atoms with van der Waals surface area (Å²) in [6.45, 7) is 3.95. The topological polar surface area (TPSA) is 34.0 Å². The van der Waals surface area contributed by atoms with Gasteiger partial charge in [0.25, 0.3) is 5.91 Å². The summed E-state index contributed by atoms with van der Waals surface area (Å²) >= 11 is 0. The third kappa shape index (κ3) is 4.08. The fraction of sp³-hybridized carbons (Fsp3) is 0.588. The standard InChI is InChI=1S/C17H21F3N2O2/c18-17(19,20)14-4-1-3-13(11-14)12-21-6-8-22(9-7-21)16(23)15-5-2-10-24-15/h1,3-4,11,15H,2,5-10,12H2/p+1/t15-/m0/s1. The molecule has 2 heterocycles. The molecular formula is C17H22F3N2O2+. The summed E-state index contributed by atoms with van der Waals surface area (Å²) in [7, 11) is 0. The predicted molar refractivity (Wildman–Crippen MR) is 81.4 cm³/mol. The van der Waals surface area contributed by atoms with Crippen LogP contribution in [0.3, 0.4) is 0 Å². The van der Waals surface area contributed by atoms with Crippen molar-refractivity contribution in [3.05, 3.63) is 35.4 Å². The largest absolute Gasteiger partial charge is 0.416 e. The Morgan fingerprint density at radius 2 is 2.04 bits per heavy atom. The summed E-state index contributed by atoms with van der Waals surface area (Å²) in [6, 6.07) is 5.49. The fourth-order valence-electron chi connectivity index (χ4n) is 3.34. The summed E-state index contributed by atoms with van der Waals surface area (Å²) < 4.78 is 43.7. The molecule has 1 atom stereocenters. The lowest BCUT2D eigenvalue weighted by Crippen LogP contribution is -3.13. The van der Waals surface area contributed by atoms with Crippen LogP contribution in [0.2, 0.25) is 0 Å². The van der Waals surface area contributed by atoms with E-state index < -0.39 is 11.7 Å². The van der Waals surface area contributed by atoms with Gasteiger partial charge < -0.3 is 14.5 Å². The Morgan fingerprint density at radius 1 is 1.29 bits per heavy atom. The third-order valence-corrected chi connectivity index (χ3v) is 4.70. The van der Waals surface area contributed by atoms with Crippen molar-refractivity contribution in [2.45, 2.75) is 31.7 Å². The van der Waals surface area contributed by atoms with E-state index in [2.05, 4.69) is 0 Å².